The molecule has 1 heterocycles. The van der Waals surface area contributed by atoms with Gasteiger partial charge in [-0.1, -0.05) is 50.3 Å². The van der Waals surface area contributed by atoms with Crippen molar-refractivity contribution in [3.05, 3.63) is 28.7 Å². The lowest BCUT2D eigenvalue weighted by Gasteiger charge is -2.14. The second kappa shape index (κ2) is 14.3. The molecule has 33 heavy (non-hydrogen) atoms. The zero-order valence-electron chi connectivity index (χ0n) is 20.1. The molecule has 1 aliphatic rings. The zero-order chi connectivity index (χ0) is 24.2. The number of nitrogens with zero attached hydrogens (tertiary/aromatic N) is 1. The Morgan fingerprint density at radius 1 is 1.12 bits per heavy atom. The van der Waals surface area contributed by atoms with Crippen molar-refractivity contribution in [3.8, 4) is 11.5 Å². The number of amides is 1. The fraction of sp³-hybridized carbons (Fsp3) is 0.560. The van der Waals surface area contributed by atoms with Crippen molar-refractivity contribution >= 4 is 46.3 Å². The molecule has 0 unspecified atom stereocenters. The van der Waals surface area contributed by atoms with Gasteiger partial charge in [0.05, 0.1) is 24.7 Å². The van der Waals surface area contributed by atoms with Gasteiger partial charge in [0.25, 0.3) is 5.91 Å². The average molecular weight is 494 g/mol. The number of benzene rings is 1. The van der Waals surface area contributed by atoms with Crippen LogP contribution in [0.4, 0.5) is 0 Å². The topological polar surface area (TPSA) is 65.1 Å². The lowest BCUT2D eigenvalue weighted by molar-refractivity contribution is -0.143. The van der Waals surface area contributed by atoms with Gasteiger partial charge >= 0.3 is 5.97 Å². The minimum absolute atomic E-state index is 0.0781. The molecule has 0 radical (unpaired) electrons. The summed E-state index contributed by atoms with van der Waals surface area (Å²) in [5.41, 5.74) is 0.865. The molecule has 1 amide bonds. The Hall–Kier alpha value is -2.06. The van der Waals surface area contributed by atoms with Crippen molar-refractivity contribution < 1.29 is 23.8 Å². The number of hydrogen-bond acceptors (Lipinski definition) is 7. The number of thiocarbonyl (C=S) groups is 1. The maximum absolute atomic E-state index is 12.9. The van der Waals surface area contributed by atoms with Gasteiger partial charge in [0, 0.05) is 13.0 Å². The third-order valence-electron chi connectivity index (χ3n) is 4.96. The summed E-state index contributed by atoms with van der Waals surface area (Å²) in [6, 6.07) is 5.72. The number of carbonyl (C=O) groups is 2. The molecule has 0 bridgehead atoms. The molecule has 0 atom stereocenters. The fourth-order valence-corrected chi connectivity index (χ4v) is 4.51. The smallest absolute Gasteiger partial charge is 0.305 e. The van der Waals surface area contributed by atoms with Crippen molar-refractivity contribution in [2.24, 2.45) is 5.92 Å². The highest BCUT2D eigenvalue weighted by molar-refractivity contribution is 8.26. The van der Waals surface area contributed by atoms with Gasteiger partial charge in [0.2, 0.25) is 0 Å². The number of unbranched alkanes of at least 4 members (excludes halogenated alkanes) is 2. The van der Waals surface area contributed by atoms with E-state index in [1.54, 1.807) is 11.8 Å². The van der Waals surface area contributed by atoms with Gasteiger partial charge in [-0.25, -0.2) is 0 Å². The maximum atomic E-state index is 12.9. The Balaban J connectivity index is 1.96. The summed E-state index contributed by atoms with van der Waals surface area (Å²) >= 11 is 6.75. The first-order valence-electron chi connectivity index (χ1n) is 11.7. The van der Waals surface area contributed by atoms with E-state index in [0.29, 0.717) is 59.4 Å². The summed E-state index contributed by atoms with van der Waals surface area (Å²) in [7, 11) is 0. The normalized spacial score (nSPS) is 14.9. The molecule has 1 fully saturated rings. The molecule has 1 aromatic rings. The second-order valence-corrected chi connectivity index (χ2v) is 9.79. The SMILES string of the molecule is CCOC(=O)CCCCCN1C(=O)/C(=C\c2ccc(OCCC(C)C)c(OCC)c2)SC1=S. The molecule has 0 aromatic heterocycles. The Bertz CT molecular complexity index is 853. The Kier molecular flexibility index (Phi) is 11.7. The summed E-state index contributed by atoms with van der Waals surface area (Å²) < 4.78 is 17.2. The van der Waals surface area contributed by atoms with Crippen LogP contribution < -0.4 is 9.47 Å². The molecule has 6 nitrogen and oxygen atoms in total. The molecule has 1 aliphatic heterocycles. The van der Waals surface area contributed by atoms with Crippen LogP contribution >= 0.6 is 24.0 Å². The Morgan fingerprint density at radius 3 is 2.61 bits per heavy atom. The number of ether oxygens (including phenoxy) is 3. The van der Waals surface area contributed by atoms with E-state index in [9.17, 15) is 9.59 Å². The maximum Gasteiger partial charge on any atom is 0.305 e. The van der Waals surface area contributed by atoms with Crippen LogP contribution in [0.15, 0.2) is 23.1 Å². The van der Waals surface area contributed by atoms with E-state index in [-0.39, 0.29) is 11.9 Å². The number of esters is 1. The van der Waals surface area contributed by atoms with Crippen LogP contribution in [-0.2, 0) is 14.3 Å². The summed E-state index contributed by atoms with van der Waals surface area (Å²) in [5.74, 6) is 1.70. The van der Waals surface area contributed by atoms with Gasteiger partial charge in [0.15, 0.2) is 11.5 Å². The van der Waals surface area contributed by atoms with Crippen LogP contribution in [-0.4, -0.2) is 47.5 Å². The minimum Gasteiger partial charge on any atom is -0.490 e. The third kappa shape index (κ3) is 9.01. The molecule has 2 rings (SSSR count). The first-order chi connectivity index (χ1) is 15.8. The van der Waals surface area contributed by atoms with Crippen molar-refractivity contribution in [1.29, 1.82) is 0 Å². The minimum atomic E-state index is -0.172. The van der Waals surface area contributed by atoms with Gasteiger partial charge < -0.3 is 14.2 Å². The molecule has 0 N–H and O–H groups in total. The number of hydrogen-bond donors (Lipinski definition) is 0. The van der Waals surface area contributed by atoms with E-state index in [2.05, 4.69) is 13.8 Å². The van der Waals surface area contributed by atoms with E-state index >= 15 is 0 Å². The highest BCUT2D eigenvalue weighted by Gasteiger charge is 2.31. The third-order valence-corrected chi connectivity index (χ3v) is 6.34. The molecule has 0 aliphatic carbocycles. The van der Waals surface area contributed by atoms with Crippen molar-refractivity contribution in [1.82, 2.24) is 4.90 Å². The quantitative estimate of drug-likeness (QED) is 0.140. The Labute approximate surface area is 207 Å². The summed E-state index contributed by atoms with van der Waals surface area (Å²) in [6.07, 6.45) is 5.60. The van der Waals surface area contributed by atoms with Crippen LogP contribution in [0.1, 0.15) is 65.4 Å². The standard InChI is InChI=1S/C25H35NO5S2/c1-5-29-21-16-19(11-12-20(21)31-15-13-18(3)4)17-22-24(28)26(25(32)33-22)14-9-7-8-10-23(27)30-6-2/h11-12,16-18H,5-10,13-15H2,1-4H3/b22-17+. The van der Waals surface area contributed by atoms with E-state index in [1.807, 2.05) is 31.2 Å². The highest BCUT2D eigenvalue weighted by Crippen LogP contribution is 2.35. The molecular weight excluding hydrogens is 458 g/mol. The number of carbonyl (C=O) groups excluding carboxylic acids is 2. The van der Waals surface area contributed by atoms with Crippen LogP contribution in [0.5, 0.6) is 11.5 Å². The zero-order valence-corrected chi connectivity index (χ0v) is 21.7. The van der Waals surface area contributed by atoms with Crippen LogP contribution in [0.25, 0.3) is 6.08 Å². The molecule has 0 saturated carbocycles. The van der Waals surface area contributed by atoms with E-state index < -0.39 is 0 Å². The van der Waals surface area contributed by atoms with Gasteiger partial charge in [-0.15, -0.1) is 0 Å². The predicted octanol–water partition coefficient (Wildman–Crippen LogP) is 5.83. The molecule has 0 spiro atoms. The monoisotopic (exact) mass is 493 g/mol. The molecule has 8 heteroatoms. The first kappa shape index (κ1) is 27.2. The molecule has 1 saturated heterocycles. The van der Waals surface area contributed by atoms with Crippen molar-refractivity contribution in [2.45, 2.75) is 59.8 Å². The largest absolute Gasteiger partial charge is 0.490 e. The molecule has 1 aromatic carbocycles. The lowest BCUT2D eigenvalue weighted by Crippen LogP contribution is -2.29. The van der Waals surface area contributed by atoms with E-state index in [1.165, 1.54) is 11.8 Å². The van der Waals surface area contributed by atoms with E-state index in [0.717, 1.165) is 31.2 Å². The number of rotatable bonds is 14. The first-order valence-corrected chi connectivity index (χ1v) is 12.9. The summed E-state index contributed by atoms with van der Waals surface area (Å²) in [5, 5.41) is 0. The number of thioether (sulfide) groups is 1. The van der Waals surface area contributed by atoms with Crippen LogP contribution in [0.3, 0.4) is 0 Å². The Morgan fingerprint density at radius 2 is 1.91 bits per heavy atom. The van der Waals surface area contributed by atoms with Crippen LogP contribution in [0, 0.1) is 5.92 Å². The predicted molar refractivity (Wildman–Crippen MR) is 138 cm³/mol. The van der Waals surface area contributed by atoms with Crippen molar-refractivity contribution in [2.75, 3.05) is 26.4 Å². The lowest BCUT2D eigenvalue weighted by atomic mass is 10.1. The average Bonchev–Trinajstić information content (AvgIpc) is 3.02. The van der Waals surface area contributed by atoms with Gasteiger partial charge in [0.1, 0.15) is 4.32 Å². The molecular formula is C25H35NO5S2. The molecule has 182 valence electrons. The summed E-state index contributed by atoms with van der Waals surface area (Å²) in [6.45, 7) is 10.2. The van der Waals surface area contributed by atoms with E-state index in [4.69, 9.17) is 26.4 Å². The fourth-order valence-electron chi connectivity index (χ4n) is 3.20. The van der Waals surface area contributed by atoms with Crippen LogP contribution in [0.2, 0.25) is 0 Å². The highest BCUT2D eigenvalue weighted by atomic mass is 32.2. The van der Waals surface area contributed by atoms with Crippen molar-refractivity contribution in [3.63, 3.8) is 0 Å². The second-order valence-electron chi connectivity index (χ2n) is 8.12. The van der Waals surface area contributed by atoms with Gasteiger partial charge in [-0.3, -0.25) is 14.5 Å². The summed E-state index contributed by atoms with van der Waals surface area (Å²) in [4.78, 5) is 26.5. The van der Waals surface area contributed by atoms with Gasteiger partial charge in [-0.2, -0.15) is 0 Å². The van der Waals surface area contributed by atoms with Gasteiger partial charge in [-0.05, 0) is 62.8 Å².